The average Bonchev–Trinajstić information content (AvgIpc) is 3.49. The number of hydrogen-bond acceptors (Lipinski definition) is 8. The van der Waals surface area contributed by atoms with E-state index in [1.807, 2.05) is 0 Å². The van der Waals surface area contributed by atoms with Crippen LogP contribution in [0.3, 0.4) is 0 Å². The van der Waals surface area contributed by atoms with E-state index in [1.54, 1.807) is 6.20 Å². The van der Waals surface area contributed by atoms with E-state index < -0.39 is 5.82 Å². The van der Waals surface area contributed by atoms with Crippen LogP contribution in [0.4, 0.5) is 10.2 Å². The lowest BCUT2D eigenvalue weighted by atomic mass is 9.79. The molecule has 0 spiro atoms. The van der Waals surface area contributed by atoms with Gasteiger partial charge in [-0.3, -0.25) is 4.79 Å². The van der Waals surface area contributed by atoms with Gasteiger partial charge in [0.15, 0.2) is 16.8 Å². The molecule has 3 aromatic rings. The molecule has 3 saturated heterocycles. The number of carbonyl (C=O) groups excluding carboxylic acids is 1. The number of hydrogen-bond donors (Lipinski definition) is 1. The van der Waals surface area contributed by atoms with Crippen molar-refractivity contribution >= 4 is 45.3 Å². The second kappa shape index (κ2) is 8.00. The number of carbonyl (C=O) groups is 1. The number of likely N-dealkylation sites (N-methyl/N-ethyl adjacent to an activating group) is 1. The van der Waals surface area contributed by atoms with E-state index >= 15 is 4.39 Å². The van der Waals surface area contributed by atoms with Crippen LogP contribution < -0.4 is 10.2 Å². The first kappa shape index (κ1) is 21.9. The maximum absolute atomic E-state index is 15.2. The van der Waals surface area contributed by atoms with Crippen molar-refractivity contribution in [2.75, 3.05) is 45.7 Å². The van der Waals surface area contributed by atoms with Gasteiger partial charge in [0.2, 0.25) is 0 Å². The largest absolute Gasteiger partial charge is 0.469 e. The van der Waals surface area contributed by atoms with Crippen LogP contribution in [0.15, 0.2) is 6.20 Å². The summed E-state index contributed by atoms with van der Waals surface area (Å²) in [6.07, 6.45) is 3.35. The minimum Gasteiger partial charge on any atom is -0.469 e. The van der Waals surface area contributed by atoms with Crippen LogP contribution in [-0.4, -0.2) is 83.3 Å². The summed E-state index contributed by atoms with van der Waals surface area (Å²) in [5.74, 6) is 1.01. The fourth-order valence-corrected chi connectivity index (χ4v) is 5.76. The summed E-state index contributed by atoms with van der Waals surface area (Å²) in [4.78, 5) is 30.1. The Hall–Kier alpha value is -2.56. The molecule has 3 aromatic heterocycles. The molecular weight excluding hydrogens is 461 g/mol. The highest BCUT2D eigenvalue weighted by Crippen LogP contribution is 2.48. The van der Waals surface area contributed by atoms with Gasteiger partial charge in [-0.25, -0.2) is 19.3 Å². The van der Waals surface area contributed by atoms with Crippen molar-refractivity contribution in [1.29, 1.82) is 0 Å². The number of esters is 1. The standard InChI is InChI=1S/C23H27ClFN7O2/c1-30(2)12-9-31(10-12)23-19-21(13-8-27-22(24)17(25)18(13)29-23)32(20-11-6-14(20)26-7-11)15(28-19)4-5-16(33)34-3/h8,11-12,14,20,26H,4-7,9-10H2,1-3H3. The highest BCUT2D eigenvalue weighted by atomic mass is 35.5. The van der Waals surface area contributed by atoms with Crippen molar-refractivity contribution in [2.45, 2.75) is 37.4 Å². The highest BCUT2D eigenvalue weighted by Gasteiger charge is 2.49. The fraction of sp³-hybridized carbons (Fsp3) is 0.565. The Bertz CT molecular complexity index is 1290. The number of pyridine rings is 2. The highest BCUT2D eigenvalue weighted by molar-refractivity contribution is 6.30. The van der Waals surface area contributed by atoms with E-state index in [0.717, 1.165) is 42.9 Å². The predicted octanol–water partition coefficient (Wildman–Crippen LogP) is 2.16. The van der Waals surface area contributed by atoms with E-state index in [4.69, 9.17) is 26.3 Å². The summed E-state index contributed by atoms with van der Waals surface area (Å²) < 4.78 is 22.3. The summed E-state index contributed by atoms with van der Waals surface area (Å²) in [5.41, 5.74) is 1.75. The molecule has 180 valence electrons. The van der Waals surface area contributed by atoms with Gasteiger partial charge in [-0.05, 0) is 26.4 Å². The number of nitrogens with zero attached hydrogens (tertiary/aromatic N) is 6. The van der Waals surface area contributed by atoms with Gasteiger partial charge in [-0.1, -0.05) is 11.6 Å². The van der Waals surface area contributed by atoms with Crippen LogP contribution in [0.1, 0.15) is 24.7 Å². The number of nitrogens with one attached hydrogen (secondary N) is 1. The number of halogens is 2. The number of aromatic nitrogens is 4. The Labute approximate surface area is 201 Å². The van der Waals surface area contributed by atoms with Gasteiger partial charge in [-0.15, -0.1) is 0 Å². The quantitative estimate of drug-likeness (QED) is 0.418. The molecule has 2 bridgehead atoms. The molecule has 3 aliphatic heterocycles. The van der Waals surface area contributed by atoms with Gasteiger partial charge >= 0.3 is 5.97 Å². The van der Waals surface area contributed by atoms with E-state index in [9.17, 15) is 4.79 Å². The second-order valence-electron chi connectivity index (χ2n) is 9.76. The predicted molar refractivity (Wildman–Crippen MR) is 127 cm³/mol. The second-order valence-corrected chi connectivity index (χ2v) is 10.1. The molecule has 0 aromatic carbocycles. The lowest BCUT2D eigenvalue weighted by Gasteiger charge is -2.43. The van der Waals surface area contributed by atoms with Crippen LogP contribution in [-0.2, 0) is 16.0 Å². The summed E-state index contributed by atoms with van der Waals surface area (Å²) in [6.45, 7) is 2.50. The summed E-state index contributed by atoms with van der Waals surface area (Å²) in [5, 5.41) is 3.96. The molecule has 11 heteroatoms. The third-order valence-electron chi connectivity index (χ3n) is 7.68. The Morgan fingerprint density at radius 3 is 2.76 bits per heavy atom. The smallest absolute Gasteiger partial charge is 0.305 e. The number of fused-ring (bicyclic) bond motifs is 4. The van der Waals surface area contributed by atoms with Gasteiger partial charge in [0.25, 0.3) is 0 Å². The maximum Gasteiger partial charge on any atom is 0.305 e. The zero-order valence-electron chi connectivity index (χ0n) is 19.4. The normalized spacial score (nSPS) is 24.2. The van der Waals surface area contributed by atoms with Gasteiger partial charge in [0.1, 0.15) is 16.9 Å². The first-order valence-electron chi connectivity index (χ1n) is 11.6. The molecule has 4 fully saturated rings. The van der Waals surface area contributed by atoms with Crippen molar-refractivity contribution < 1.29 is 13.9 Å². The molecule has 6 heterocycles. The maximum atomic E-state index is 15.2. The summed E-state index contributed by atoms with van der Waals surface area (Å²) >= 11 is 6.06. The van der Waals surface area contributed by atoms with Crippen LogP contribution in [0.5, 0.6) is 0 Å². The van der Waals surface area contributed by atoms with Gasteiger partial charge in [0, 0.05) is 49.7 Å². The Morgan fingerprint density at radius 2 is 2.12 bits per heavy atom. The molecule has 7 rings (SSSR count). The molecule has 0 radical (unpaired) electrons. The van der Waals surface area contributed by atoms with E-state index in [2.05, 4.69) is 38.8 Å². The zero-order chi connectivity index (χ0) is 23.7. The topological polar surface area (TPSA) is 88.4 Å². The lowest BCUT2D eigenvalue weighted by Crippen LogP contribution is -2.57. The molecular formula is C23H27ClFN7O2. The number of aryl methyl sites for hydroxylation is 1. The third-order valence-corrected chi connectivity index (χ3v) is 7.95. The molecule has 3 atom stereocenters. The monoisotopic (exact) mass is 487 g/mol. The molecule has 1 aliphatic carbocycles. The molecule has 1 N–H and O–H groups in total. The molecule has 9 nitrogen and oxygen atoms in total. The van der Waals surface area contributed by atoms with Crippen molar-refractivity contribution in [3.63, 3.8) is 0 Å². The van der Waals surface area contributed by atoms with Gasteiger partial charge < -0.3 is 24.4 Å². The van der Waals surface area contributed by atoms with Crippen molar-refractivity contribution in [2.24, 2.45) is 5.92 Å². The first-order valence-corrected chi connectivity index (χ1v) is 12.0. The Kier molecular flexibility index (Phi) is 5.16. The third kappa shape index (κ3) is 3.19. The lowest BCUT2D eigenvalue weighted by molar-refractivity contribution is -0.140. The first-order chi connectivity index (χ1) is 16.4. The number of imidazole rings is 1. The summed E-state index contributed by atoms with van der Waals surface area (Å²) in [7, 11) is 5.49. The van der Waals surface area contributed by atoms with Crippen LogP contribution in [0.2, 0.25) is 5.15 Å². The number of rotatable bonds is 6. The number of ether oxygens (including phenoxy) is 1. The van der Waals surface area contributed by atoms with Crippen LogP contribution >= 0.6 is 11.6 Å². The average molecular weight is 488 g/mol. The molecule has 1 saturated carbocycles. The molecule has 4 aliphatic rings. The van der Waals surface area contributed by atoms with Crippen LogP contribution in [0.25, 0.3) is 21.9 Å². The number of anilines is 1. The molecule has 0 amide bonds. The van der Waals surface area contributed by atoms with Gasteiger partial charge in [0.05, 0.1) is 25.1 Å². The van der Waals surface area contributed by atoms with Crippen LogP contribution in [0, 0.1) is 11.7 Å². The molecule has 3 unspecified atom stereocenters. The van der Waals surface area contributed by atoms with E-state index in [1.165, 1.54) is 7.11 Å². The summed E-state index contributed by atoms with van der Waals surface area (Å²) in [6, 6.07) is 0.921. The minimum atomic E-state index is -0.620. The fourth-order valence-electron chi connectivity index (χ4n) is 5.62. The van der Waals surface area contributed by atoms with Crippen molar-refractivity contribution in [3.8, 4) is 0 Å². The Balaban J connectivity index is 1.58. The minimum absolute atomic E-state index is 0.192. The van der Waals surface area contributed by atoms with E-state index in [-0.39, 0.29) is 29.1 Å². The van der Waals surface area contributed by atoms with Crippen molar-refractivity contribution in [3.05, 3.63) is 23.0 Å². The van der Waals surface area contributed by atoms with E-state index in [0.29, 0.717) is 35.6 Å². The number of methoxy groups -OCH3 is 1. The SMILES string of the molecule is COC(=O)CCc1nc2c(N3CC(N(C)C)C3)nc3c(F)c(Cl)ncc3c2n1C1C2CNC1C2. The molecule has 34 heavy (non-hydrogen) atoms. The van der Waals surface area contributed by atoms with Crippen molar-refractivity contribution in [1.82, 2.24) is 29.7 Å². The zero-order valence-corrected chi connectivity index (χ0v) is 20.1. The Morgan fingerprint density at radius 1 is 1.32 bits per heavy atom. The van der Waals surface area contributed by atoms with Gasteiger partial charge in [-0.2, -0.15) is 0 Å².